The van der Waals surface area contributed by atoms with Gasteiger partial charge < -0.3 is 5.32 Å². The summed E-state index contributed by atoms with van der Waals surface area (Å²) in [6, 6.07) is 15.6. The van der Waals surface area contributed by atoms with Gasteiger partial charge in [0.25, 0.3) is 0 Å². The lowest BCUT2D eigenvalue weighted by Crippen LogP contribution is -2.29. The zero-order valence-electron chi connectivity index (χ0n) is 13.8. The van der Waals surface area contributed by atoms with Gasteiger partial charge >= 0.3 is 0 Å². The number of nitrogens with one attached hydrogen (secondary N) is 1. The molecule has 0 spiro atoms. The first-order chi connectivity index (χ1) is 12.2. The fraction of sp³-hybridized carbons (Fsp3) is 0.222. The fourth-order valence-electron chi connectivity index (χ4n) is 2.67. The van der Waals surface area contributed by atoms with Gasteiger partial charge in [-0.2, -0.15) is 4.68 Å². The Kier molecular flexibility index (Phi) is 5.13. The Morgan fingerprint density at radius 1 is 1.20 bits per heavy atom. The number of halogens is 1. The van der Waals surface area contributed by atoms with Crippen LogP contribution in [0.3, 0.4) is 0 Å². The van der Waals surface area contributed by atoms with Crippen molar-refractivity contribution in [3.63, 3.8) is 0 Å². The SMILES string of the molecule is CCC(C(=O)NCc1nnnn1-c1cccc(F)c1)c1ccccc1. The quantitative estimate of drug-likeness (QED) is 0.749. The van der Waals surface area contributed by atoms with Crippen LogP contribution in [0, 0.1) is 5.82 Å². The summed E-state index contributed by atoms with van der Waals surface area (Å²) in [5, 5.41) is 14.3. The van der Waals surface area contributed by atoms with Crippen molar-refractivity contribution in [3.05, 3.63) is 71.8 Å². The van der Waals surface area contributed by atoms with Crippen LogP contribution in [-0.2, 0) is 11.3 Å². The van der Waals surface area contributed by atoms with Crippen molar-refractivity contribution in [2.75, 3.05) is 0 Å². The minimum atomic E-state index is -0.377. The number of benzene rings is 2. The van der Waals surface area contributed by atoms with Crippen LogP contribution in [0.15, 0.2) is 54.6 Å². The molecule has 1 N–H and O–H groups in total. The first kappa shape index (κ1) is 16.8. The highest BCUT2D eigenvalue weighted by molar-refractivity contribution is 5.83. The molecule has 2 aromatic carbocycles. The smallest absolute Gasteiger partial charge is 0.227 e. The number of amides is 1. The Morgan fingerprint density at radius 3 is 2.72 bits per heavy atom. The Bertz CT molecular complexity index is 849. The maximum atomic E-state index is 13.4. The van der Waals surface area contributed by atoms with Crippen molar-refractivity contribution in [2.24, 2.45) is 0 Å². The molecular weight excluding hydrogens is 321 g/mol. The van der Waals surface area contributed by atoms with Crippen molar-refractivity contribution in [2.45, 2.75) is 25.8 Å². The molecule has 3 rings (SSSR count). The third-order valence-electron chi connectivity index (χ3n) is 3.93. The minimum Gasteiger partial charge on any atom is -0.348 e. The van der Waals surface area contributed by atoms with Gasteiger partial charge in [0.1, 0.15) is 5.82 Å². The van der Waals surface area contributed by atoms with Crippen molar-refractivity contribution in [1.82, 2.24) is 25.5 Å². The number of rotatable bonds is 6. The van der Waals surface area contributed by atoms with E-state index < -0.39 is 0 Å². The van der Waals surface area contributed by atoms with Gasteiger partial charge in [-0.05, 0) is 40.6 Å². The molecule has 0 aliphatic rings. The molecule has 1 amide bonds. The predicted octanol–water partition coefficient (Wildman–Crippen LogP) is 2.61. The molecular formula is C18H18FN5O. The first-order valence-corrected chi connectivity index (χ1v) is 8.05. The number of hydrogen-bond acceptors (Lipinski definition) is 4. The van der Waals surface area contributed by atoms with E-state index in [1.807, 2.05) is 37.3 Å². The van der Waals surface area contributed by atoms with E-state index in [1.54, 1.807) is 12.1 Å². The highest BCUT2D eigenvalue weighted by Crippen LogP contribution is 2.19. The van der Waals surface area contributed by atoms with Crippen LogP contribution in [0.1, 0.15) is 30.7 Å². The second-order valence-corrected chi connectivity index (χ2v) is 5.58. The molecule has 1 aromatic heterocycles. The Morgan fingerprint density at radius 2 is 2.00 bits per heavy atom. The lowest BCUT2D eigenvalue weighted by atomic mass is 9.96. The number of carbonyl (C=O) groups excluding carboxylic acids is 1. The van der Waals surface area contributed by atoms with Crippen LogP contribution >= 0.6 is 0 Å². The number of aromatic nitrogens is 4. The summed E-state index contributed by atoms with van der Waals surface area (Å²) < 4.78 is 14.8. The predicted molar refractivity (Wildman–Crippen MR) is 90.4 cm³/mol. The maximum Gasteiger partial charge on any atom is 0.227 e. The molecule has 128 valence electrons. The Labute approximate surface area is 144 Å². The van der Waals surface area contributed by atoms with E-state index in [9.17, 15) is 9.18 Å². The Balaban J connectivity index is 1.72. The molecule has 1 heterocycles. The van der Waals surface area contributed by atoms with E-state index in [-0.39, 0.29) is 24.2 Å². The molecule has 25 heavy (non-hydrogen) atoms. The molecule has 0 aliphatic carbocycles. The van der Waals surface area contributed by atoms with Crippen molar-refractivity contribution in [3.8, 4) is 5.69 Å². The second-order valence-electron chi connectivity index (χ2n) is 5.58. The van der Waals surface area contributed by atoms with Crippen molar-refractivity contribution in [1.29, 1.82) is 0 Å². The van der Waals surface area contributed by atoms with Gasteiger partial charge in [-0.1, -0.05) is 43.3 Å². The minimum absolute atomic E-state index is 0.0949. The van der Waals surface area contributed by atoms with E-state index in [0.29, 0.717) is 17.9 Å². The van der Waals surface area contributed by atoms with Gasteiger partial charge in [-0.15, -0.1) is 5.10 Å². The molecule has 3 aromatic rings. The van der Waals surface area contributed by atoms with Crippen LogP contribution in [0.2, 0.25) is 0 Å². The third kappa shape index (κ3) is 3.88. The zero-order chi connectivity index (χ0) is 17.6. The number of nitrogens with zero attached hydrogens (tertiary/aromatic N) is 4. The molecule has 0 fully saturated rings. The highest BCUT2D eigenvalue weighted by atomic mass is 19.1. The van der Waals surface area contributed by atoms with Gasteiger partial charge in [0.05, 0.1) is 18.2 Å². The van der Waals surface area contributed by atoms with Crippen LogP contribution in [-0.4, -0.2) is 26.1 Å². The molecule has 0 radical (unpaired) electrons. The van der Waals surface area contributed by atoms with Crippen molar-refractivity contribution < 1.29 is 9.18 Å². The largest absolute Gasteiger partial charge is 0.348 e. The summed E-state index contributed by atoms with van der Waals surface area (Å²) in [4.78, 5) is 12.5. The summed E-state index contributed by atoms with van der Waals surface area (Å²) in [7, 11) is 0. The molecule has 0 saturated carbocycles. The number of hydrogen-bond donors (Lipinski definition) is 1. The topological polar surface area (TPSA) is 72.7 Å². The second kappa shape index (κ2) is 7.65. The molecule has 1 unspecified atom stereocenters. The number of tetrazole rings is 1. The van der Waals surface area contributed by atoms with E-state index in [0.717, 1.165) is 5.56 Å². The highest BCUT2D eigenvalue weighted by Gasteiger charge is 2.19. The van der Waals surface area contributed by atoms with E-state index in [1.165, 1.54) is 16.8 Å². The Hall–Kier alpha value is -3.09. The third-order valence-corrected chi connectivity index (χ3v) is 3.93. The average Bonchev–Trinajstić information content (AvgIpc) is 3.10. The molecule has 6 nitrogen and oxygen atoms in total. The number of carbonyl (C=O) groups is 1. The summed E-state index contributed by atoms with van der Waals surface area (Å²) >= 11 is 0. The fourth-order valence-corrected chi connectivity index (χ4v) is 2.67. The molecule has 0 bridgehead atoms. The first-order valence-electron chi connectivity index (χ1n) is 8.05. The molecule has 1 atom stereocenters. The van der Waals surface area contributed by atoms with Gasteiger partial charge in [0.15, 0.2) is 5.82 Å². The van der Waals surface area contributed by atoms with Gasteiger partial charge in [0, 0.05) is 0 Å². The summed E-state index contributed by atoms with van der Waals surface area (Å²) in [6.45, 7) is 2.12. The van der Waals surface area contributed by atoms with Crippen LogP contribution in [0.4, 0.5) is 4.39 Å². The van der Waals surface area contributed by atoms with E-state index >= 15 is 0 Å². The van der Waals surface area contributed by atoms with Crippen molar-refractivity contribution >= 4 is 5.91 Å². The van der Waals surface area contributed by atoms with Gasteiger partial charge in [-0.3, -0.25) is 4.79 Å². The van der Waals surface area contributed by atoms with Crippen LogP contribution < -0.4 is 5.32 Å². The zero-order valence-corrected chi connectivity index (χ0v) is 13.8. The molecule has 7 heteroatoms. The lowest BCUT2D eigenvalue weighted by Gasteiger charge is -2.15. The van der Waals surface area contributed by atoms with Gasteiger partial charge in [0.2, 0.25) is 5.91 Å². The molecule has 0 aliphatic heterocycles. The summed E-state index contributed by atoms with van der Waals surface area (Å²) in [5.74, 6) is -0.276. The lowest BCUT2D eigenvalue weighted by molar-refractivity contribution is -0.122. The van der Waals surface area contributed by atoms with Crippen LogP contribution in [0.25, 0.3) is 5.69 Å². The summed E-state index contributed by atoms with van der Waals surface area (Å²) in [6.07, 6.45) is 0.685. The summed E-state index contributed by atoms with van der Waals surface area (Å²) in [5.41, 5.74) is 1.47. The normalized spacial score (nSPS) is 11.9. The maximum absolute atomic E-state index is 13.4. The van der Waals surface area contributed by atoms with Crippen LogP contribution in [0.5, 0.6) is 0 Å². The van der Waals surface area contributed by atoms with E-state index in [4.69, 9.17) is 0 Å². The van der Waals surface area contributed by atoms with E-state index in [2.05, 4.69) is 20.8 Å². The molecule has 0 saturated heterocycles. The average molecular weight is 339 g/mol. The standard InChI is InChI=1S/C18H18FN5O/c1-2-16(13-7-4-3-5-8-13)18(25)20-12-17-21-22-23-24(17)15-10-6-9-14(19)11-15/h3-11,16H,2,12H2,1H3,(H,20,25). The van der Waals surface area contributed by atoms with Gasteiger partial charge in [-0.25, -0.2) is 4.39 Å². The monoisotopic (exact) mass is 339 g/mol.